The van der Waals surface area contributed by atoms with Crippen molar-refractivity contribution in [2.24, 2.45) is 5.16 Å². The second-order valence-electron chi connectivity index (χ2n) is 5.85. The largest absolute Gasteiger partial charge is 0.465 e. The minimum atomic E-state index is -0.265. The van der Waals surface area contributed by atoms with E-state index < -0.39 is 0 Å². The zero-order valence-electron chi connectivity index (χ0n) is 15.5. The molecule has 0 aliphatic heterocycles. The third-order valence-corrected chi connectivity index (χ3v) is 3.82. The van der Waals surface area contributed by atoms with Crippen LogP contribution in [0.3, 0.4) is 0 Å². The highest BCUT2D eigenvalue weighted by atomic mass is 16.6. The number of hydrogen-bond acceptors (Lipinski definition) is 5. The summed E-state index contributed by atoms with van der Waals surface area (Å²) in [5.41, 5.74) is 2.45. The van der Waals surface area contributed by atoms with Gasteiger partial charge in [0.25, 0.3) is 5.90 Å². The molecule has 0 radical (unpaired) electrons. The number of benzene rings is 2. The van der Waals surface area contributed by atoms with Crippen molar-refractivity contribution in [2.45, 2.75) is 33.1 Å². The van der Waals surface area contributed by atoms with Gasteiger partial charge in [0.2, 0.25) is 0 Å². The van der Waals surface area contributed by atoms with Crippen LogP contribution in [-0.4, -0.2) is 25.6 Å². The van der Waals surface area contributed by atoms with Crippen molar-refractivity contribution >= 4 is 11.9 Å². The molecule has 0 atom stereocenters. The van der Waals surface area contributed by atoms with Crippen LogP contribution in [0, 0.1) is 6.92 Å². The standard InChI is InChI=1S/C21H25NO4/c1-4-5-14-25-20(23)15-17-11-7-8-12-18(17)21(22-24-3)26-19-13-9-6-10-16(19)2/h6-13H,4-5,14-15H2,1-3H3/b22-21-. The number of aryl methyl sites for hydroxylation is 1. The Hall–Kier alpha value is -2.82. The summed E-state index contributed by atoms with van der Waals surface area (Å²) in [5.74, 6) is 0.723. The number of oxime groups is 1. The third-order valence-electron chi connectivity index (χ3n) is 3.82. The molecule has 0 spiro atoms. The summed E-state index contributed by atoms with van der Waals surface area (Å²) in [5, 5.41) is 4.02. The molecule has 0 heterocycles. The number of unbranched alkanes of at least 4 members (excludes halogenated alkanes) is 1. The normalized spacial score (nSPS) is 11.1. The molecule has 26 heavy (non-hydrogen) atoms. The van der Waals surface area contributed by atoms with Crippen molar-refractivity contribution in [2.75, 3.05) is 13.7 Å². The highest BCUT2D eigenvalue weighted by Crippen LogP contribution is 2.20. The Bertz CT molecular complexity index is 755. The zero-order chi connectivity index (χ0) is 18.8. The maximum atomic E-state index is 12.1. The number of nitrogens with zero attached hydrogens (tertiary/aromatic N) is 1. The number of rotatable bonds is 8. The molecule has 0 fully saturated rings. The first-order valence-electron chi connectivity index (χ1n) is 8.74. The van der Waals surface area contributed by atoms with E-state index in [4.69, 9.17) is 14.3 Å². The van der Waals surface area contributed by atoms with Crippen LogP contribution in [0.5, 0.6) is 5.75 Å². The van der Waals surface area contributed by atoms with E-state index in [0.717, 1.165) is 24.0 Å². The van der Waals surface area contributed by atoms with Crippen molar-refractivity contribution in [1.29, 1.82) is 0 Å². The number of ether oxygens (including phenoxy) is 2. The molecule has 5 nitrogen and oxygen atoms in total. The second kappa shape index (κ2) is 10.2. The third kappa shape index (κ3) is 5.62. The molecule has 5 heteroatoms. The van der Waals surface area contributed by atoms with Gasteiger partial charge in [0.05, 0.1) is 13.0 Å². The summed E-state index contributed by atoms with van der Waals surface area (Å²) in [6.07, 6.45) is 2.00. The number of esters is 1. The van der Waals surface area contributed by atoms with Crippen LogP contribution in [0.25, 0.3) is 0 Å². The number of hydrogen-bond donors (Lipinski definition) is 0. The maximum Gasteiger partial charge on any atom is 0.310 e. The number of carbonyl (C=O) groups is 1. The first-order chi connectivity index (χ1) is 12.7. The molecule has 0 aromatic heterocycles. The Morgan fingerprint density at radius 1 is 1.08 bits per heavy atom. The van der Waals surface area contributed by atoms with E-state index in [2.05, 4.69) is 12.1 Å². The van der Waals surface area contributed by atoms with Gasteiger partial charge in [-0.1, -0.05) is 49.7 Å². The van der Waals surface area contributed by atoms with E-state index in [1.54, 1.807) is 0 Å². The lowest BCUT2D eigenvalue weighted by Gasteiger charge is -2.13. The summed E-state index contributed by atoms with van der Waals surface area (Å²) in [7, 11) is 1.46. The first-order valence-corrected chi connectivity index (χ1v) is 8.74. The summed E-state index contributed by atoms with van der Waals surface area (Å²) >= 11 is 0. The van der Waals surface area contributed by atoms with Crippen LogP contribution in [0.2, 0.25) is 0 Å². The predicted octanol–water partition coefficient (Wildman–Crippen LogP) is 4.27. The number of para-hydroxylation sites is 1. The molecule has 0 bridgehead atoms. The Morgan fingerprint density at radius 3 is 2.54 bits per heavy atom. The van der Waals surface area contributed by atoms with E-state index in [0.29, 0.717) is 23.8 Å². The van der Waals surface area contributed by atoms with Crippen LogP contribution in [-0.2, 0) is 20.8 Å². The minimum Gasteiger partial charge on any atom is -0.465 e. The smallest absolute Gasteiger partial charge is 0.310 e. The predicted molar refractivity (Wildman–Crippen MR) is 101 cm³/mol. The second-order valence-corrected chi connectivity index (χ2v) is 5.85. The average molecular weight is 355 g/mol. The van der Waals surface area contributed by atoms with Crippen LogP contribution in [0.1, 0.15) is 36.5 Å². The van der Waals surface area contributed by atoms with Crippen molar-refractivity contribution in [1.82, 2.24) is 0 Å². The molecule has 0 amide bonds. The fourth-order valence-corrected chi connectivity index (χ4v) is 2.40. The minimum absolute atomic E-state index is 0.153. The van der Waals surface area contributed by atoms with Gasteiger partial charge in [-0.2, -0.15) is 0 Å². The van der Waals surface area contributed by atoms with Gasteiger partial charge >= 0.3 is 5.97 Å². The molecular formula is C21H25NO4. The van der Waals surface area contributed by atoms with Crippen molar-refractivity contribution in [3.05, 3.63) is 65.2 Å². The number of carbonyl (C=O) groups excluding carboxylic acids is 1. The lowest BCUT2D eigenvalue weighted by Crippen LogP contribution is -2.17. The lowest BCUT2D eigenvalue weighted by atomic mass is 10.0. The van der Waals surface area contributed by atoms with E-state index in [-0.39, 0.29) is 12.4 Å². The zero-order valence-corrected chi connectivity index (χ0v) is 15.5. The molecule has 0 saturated heterocycles. The van der Waals surface area contributed by atoms with Gasteiger partial charge in [-0.15, -0.1) is 0 Å². The topological polar surface area (TPSA) is 57.1 Å². The Kier molecular flexibility index (Phi) is 7.68. The molecule has 0 aliphatic carbocycles. The molecule has 2 aromatic carbocycles. The van der Waals surface area contributed by atoms with Crippen molar-refractivity contribution in [3.8, 4) is 5.75 Å². The van der Waals surface area contributed by atoms with Gasteiger partial charge in [0.1, 0.15) is 12.9 Å². The molecule has 138 valence electrons. The average Bonchev–Trinajstić information content (AvgIpc) is 2.64. The summed E-state index contributed by atoms with van der Waals surface area (Å²) in [4.78, 5) is 17.1. The van der Waals surface area contributed by atoms with Gasteiger partial charge in [0.15, 0.2) is 0 Å². The first kappa shape index (κ1) is 19.5. The molecule has 0 aliphatic rings. The highest BCUT2D eigenvalue weighted by Gasteiger charge is 2.16. The molecule has 0 unspecified atom stereocenters. The quantitative estimate of drug-likeness (QED) is 0.233. The van der Waals surface area contributed by atoms with Crippen molar-refractivity contribution in [3.63, 3.8) is 0 Å². The van der Waals surface area contributed by atoms with Gasteiger partial charge < -0.3 is 14.3 Å². The monoisotopic (exact) mass is 355 g/mol. The maximum absolute atomic E-state index is 12.1. The highest BCUT2D eigenvalue weighted by molar-refractivity contribution is 5.97. The Morgan fingerprint density at radius 2 is 1.81 bits per heavy atom. The summed E-state index contributed by atoms with van der Waals surface area (Å²) in [6.45, 7) is 4.45. The fourth-order valence-electron chi connectivity index (χ4n) is 2.40. The SMILES string of the molecule is CCCCOC(=O)Cc1ccccc1/C(=N/OC)Oc1ccccc1C. The van der Waals surface area contributed by atoms with Crippen LogP contribution >= 0.6 is 0 Å². The van der Waals surface area contributed by atoms with Gasteiger partial charge in [-0.3, -0.25) is 4.79 Å². The molecular weight excluding hydrogens is 330 g/mol. The van der Waals surface area contributed by atoms with Crippen LogP contribution in [0.4, 0.5) is 0 Å². The van der Waals surface area contributed by atoms with Crippen molar-refractivity contribution < 1.29 is 19.1 Å². The van der Waals surface area contributed by atoms with E-state index in [9.17, 15) is 4.79 Å². The summed E-state index contributed by atoms with van der Waals surface area (Å²) in [6, 6.07) is 15.1. The van der Waals surface area contributed by atoms with Gasteiger partial charge in [-0.25, -0.2) is 0 Å². The molecule has 2 aromatic rings. The molecule has 0 saturated carbocycles. The van der Waals surface area contributed by atoms with Crippen LogP contribution in [0.15, 0.2) is 53.7 Å². The fraction of sp³-hybridized carbons (Fsp3) is 0.333. The van der Waals surface area contributed by atoms with E-state index in [1.807, 2.05) is 55.5 Å². The molecule has 0 N–H and O–H groups in total. The van der Waals surface area contributed by atoms with E-state index >= 15 is 0 Å². The van der Waals surface area contributed by atoms with Gasteiger partial charge in [-0.05, 0) is 41.8 Å². The summed E-state index contributed by atoms with van der Waals surface area (Å²) < 4.78 is 11.2. The Labute approximate surface area is 154 Å². The van der Waals surface area contributed by atoms with E-state index in [1.165, 1.54) is 7.11 Å². The lowest BCUT2D eigenvalue weighted by molar-refractivity contribution is -0.142. The molecule has 2 rings (SSSR count). The van der Waals surface area contributed by atoms with Crippen LogP contribution < -0.4 is 4.74 Å². The van der Waals surface area contributed by atoms with Gasteiger partial charge in [0, 0.05) is 5.56 Å². The Balaban J connectivity index is 2.22.